The first-order valence-corrected chi connectivity index (χ1v) is 42.2. The van der Waals surface area contributed by atoms with E-state index in [0.717, 1.165) is 233 Å². The minimum atomic E-state index is -4.94. The van der Waals surface area contributed by atoms with Gasteiger partial charge in [-0.15, -0.1) is 51.2 Å². The van der Waals surface area contributed by atoms with Crippen molar-refractivity contribution in [3.05, 3.63) is 0 Å². The second kappa shape index (κ2) is 88.1. The van der Waals surface area contributed by atoms with Crippen molar-refractivity contribution < 1.29 is 364 Å². The van der Waals surface area contributed by atoms with Crippen LogP contribution >= 0.6 is 0 Å². The van der Waals surface area contributed by atoms with Crippen LogP contribution in [0.25, 0.3) is 0 Å². The average Bonchev–Trinajstić information content (AvgIpc) is 1.84. The van der Waals surface area contributed by atoms with Crippen molar-refractivity contribution in [3.63, 3.8) is 0 Å². The number of carbonyl (C=O) groups is 12. The molecule has 0 aromatic rings. The smallest absolute Gasteiger partial charge is 0.548 e. The van der Waals surface area contributed by atoms with Gasteiger partial charge in [0.1, 0.15) is 0 Å². The third-order valence-corrected chi connectivity index (χ3v) is 16.1. The zero-order valence-corrected chi connectivity index (χ0v) is 81.4. The summed E-state index contributed by atoms with van der Waals surface area (Å²) in [7, 11) is -24.7. The molecule has 128 heavy (non-hydrogen) atoms. The Balaban J connectivity index is -0.000000112. The second-order valence-corrected chi connectivity index (χ2v) is 29.3. The van der Waals surface area contributed by atoms with E-state index >= 15 is 0 Å². The number of rotatable bonds is 12. The number of hydrogen-bond donors (Lipinski definition) is 12. The number of hydrogen-bond acceptors (Lipinski definition) is 56. The molecule has 0 unspecified atom stereocenters. The van der Waals surface area contributed by atoms with Crippen LogP contribution in [0.1, 0.15) is 154 Å². The maximum absolute atomic E-state index is 10.0. The van der Waals surface area contributed by atoms with Gasteiger partial charge in [0, 0.05) is 72.5 Å². The Morgan fingerprint density at radius 3 is 0.219 bits per heavy atom. The molecule has 56 nitrogen and oxygen atoms in total. The first kappa shape index (κ1) is 152. The number of aliphatic carboxylic acids is 12. The Morgan fingerprint density at radius 2 is 0.203 bits per heavy atom. The van der Waals surface area contributed by atoms with Crippen LogP contribution in [0.15, 0.2) is 0 Å². The number of halogens is 5. The largest absolute Gasteiger partial charge is 3.00 e. The molecule has 0 amide bonds. The van der Waals surface area contributed by atoms with Gasteiger partial charge in [0.2, 0.25) is 0 Å². The van der Waals surface area contributed by atoms with E-state index in [9.17, 15) is 119 Å². The molecule has 0 aromatic carbocycles. The molecule has 12 atom stereocenters. The molecule has 12 heterocycles. The van der Waals surface area contributed by atoms with E-state index in [2.05, 4.69) is 63.8 Å². The minimum absolute atomic E-state index is 0. The van der Waals surface area contributed by atoms with Crippen molar-refractivity contribution in [2.24, 2.45) is 0 Å². The normalized spacial score (nSPS) is 23.5. The fourth-order valence-electron chi connectivity index (χ4n) is 10.6. The van der Waals surface area contributed by atoms with Crippen molar-refractivity contribution in [1.82, 2.24) is 63.8 Å². The maximum Gasteiger partial charge on any atom is 3.00 e. The van der Waals surface area contributed by atoms with E-state index in [4.69, 9.17) is 93.2 Å². The Morgan fingerprint density at radius 1 is 0.156 bits per heavy atom. The van der Waals surface area contributed by atoms with Gasteiger partial charge < -0.3 is 183 Å². The quantitative estimate of drug-likeness (QED) is 0.0807. The predicted molar refractivity (Wildman–Crippen MR) is 318 cm³/mol. The summed E-state index contributed by atoms with van der Waals surface area (Å²) in [6.07, 6.45) is 20.2. The Bertz CT molecular complexity index is 2210. The molecule has 12 aliphatic rings. The molecule has 0 bridgehead atoms. The third kappa shape index (κ3) is 111. The van der Waals surface area contributed by atoms with Gasteiger partial charge in [0.05, 0.1) is 71.6 Å². The van der Waals surface area contributed by atoms with Crippen LogP contribution in [0.4, 0.5) is 0 Å². The molecule has 12 fully saturated rings. The van der Waals surface area contributed by atoms with Gasteiger partial charge in [-0.2, -0.15) is 0 Å². The van der Waals surface area contributed by atoms with Gasteiger partial charge in [0.25, 0.3) is 0 Å². The second-order valence-electron chi connectivity index (χ2n) is 25.5. The molecule has 0 spiro atoms. The van der Waals surface area contributed by atoms with E-state index in [0.29, 0.717) is 0 Å². The minimum Gasteiger partial charge on any atom is -0.548 e. The summed E-state index contributed by atoms with van der Waals surface area (Å²) in [5.41, 5.74) is 0. The van der Waals surface area contributed by atoms with Crippen molar-refractivity contribution in [2.75, 3.05) is 78.5 Å². The Hall–Kier alpha value is -1.58. The van der Waals surface area contributed by atoms with Gasteiger partial charge in [-0.3, -0.25) is 0 Å². The molecule has 0 aliphatic carbocycles. The van der Waals surface area contributed by atoms with E-state index in [1.807, 2.05) is 0 Å². The molecule has 12 N–H and O–H groups in total. The van der Waals surface area contributed by atoms with E-state index < -0.39 is 123 Å². The number of carboxylic acid groups (broad SMARTS) is 12. The summed E-state index contributed by atoms with van der Waals surface area (Å²) in [5.74, 6) is -11.6. The van der Waals surface area contributed by atoms with Gasteiger partial charge in [-0.1, -0.05) is 0 Å². The van der Waals surface area contributed by atoms with Crippen molar-refractivity contribution >= 4 is 121 Å². The first-order valence-electron chi connectivity index (χ1n) is 36.1. The summed E-state index contributed by atoms with van der Waals surface area (Å²) < 4.78 is 170. The monoisotopic (exact) mass is 2350 g/mol. The van der Waals surface area contributed by atoms with Gasteiger partial charge in [-0.05, 0) is 233 Å². The summed E-state index contributed by atoms with van der Waals surface area (Å²) in [4.78, 5) is 120. The molecule has 12 saturated heterocycles. The molecule has 0 aromatic heterocycles. The molecular formula is C60H96BaCl5Co6N12O44. The Kier molecular flexibility index (Phi) is 105. The number of carboxylic acids is 12. The fraction of sp³-hybridized carbons (Fsp3) is 0.800. The van der Waals surface area contributed by atoms with Crippen LogP contribution < -0.4 is 218 Å². The van der Waals surface area contributed by atoms with Gasteiger partial charge in [-0.25, -0.2) is 93.2 Å². The van der Waals surface area contributed by atoms with Crippen LogP contribution in [0, 0.1) is 51.2 Å². The van der Waals surface area contributed by atoms with Crippen LogP contribution in [-0.2, 0) is 158 Å². The van der Waals surface area contributed by atoms with Crippen LogP contribution in [0.3, 0.4) is 0 Å². The first-order chi connectivity index (χ1) is 55.7. The molecule has 3 radical (unpaired) electrons. The molecule has 0 saturated carbocycles. The summed E-state index contributed by atoms with van der Waals surface area (Å²) >= 11 is 0. The van der Waals surface area contributed by atoms with Crippen molar-refractivity contribution in [2.45, 2.75) is 227 Å². The van der Waals surface area contributed by atoms with Crippen molar-refractivity contribution in [1.29, 1.82) is 0 Å². The Labute approximate surface area is 845 Å². The van der Waals surface area contributed by atoms with E-state index in [1.54, 1.807) is 0 Å². The van der Waals surface area contributed by atoms with Crippen LogP contribution in [0.5, 0.6) is 0 Å². The van der Waals surface area contributed by atoms with Gasteiger partial charge in [0.15, 0.2) is 0 Å². The standard InChI is InChI=1S/12C5H9NO2.Ba.5ClHO4.6Co/c12*7-5(8)4-2-1-3-6-4;;5*2-1(3,4)5;;;;;;/h12*4,6H,1-3H2,(H,7,8);;5*(H,2,3,4,5);;;;;;/q;;;;;;;;;;;;+2;;;;;;3*+2;3*+3/p-17/t12*4-;;;;;;;;;;;;/m000000000000............/s1. The van der Waals surface area contributed by atoms with Crippen LogP contribution in [0.2, 0.25) is 0 Å². The maximum atomic E-state index is 10.0. The van der Waals surface area contributed by atoms with E-state index in [-0.39, 0.29) is 222 Å². The topological polar surface area (TPSA) is 1090 Å². The molecule has 751 valence electrons. The fourth-order valence-corrected chi connectivity index (χ4v) is 10.6. The molecule has 68 heteroatoms. The van der Waals surface area contributed by atoms with Gasteiger partial charge >= 0.3 is 150 Å². The zero-order chi connectivity index (χ0) is 94.3. The summed E-state index contributed by atoms with van der Waals surface area (Å²) in [6, 6.07) is -4.56. The molecule has 12 rings (SSSR count). The number of nitrogens with one attached hydrogen (secondary N) is 12. The molecular weight excluding hydrogens is 2260 g/mol. The predicted octanol–water partition coefficient (Wildman–Crippen LogP) is -42.3. The zero-order valence-electron chi connectivity index (χ0n) is 66.9. The van der Waals surface area contributed by atoms with E-state index in [1.165, 1.54) is 0 Å². The summed E-state index contributed by atoms with van der Waals surface area (Å²) in [5, 5.41) is 154. The van der Waals surface area contributed by atoms with Crippen molar-refractivity contribution in [3.8, 4) is 0 Å². The molecule has 12 aliphatic heterocycles. The SMILES string of the molecule is O=C([O-])[C@@H]1CCCN1.O=C([O-])[C@@H]1CCCN1.O=C([O-])[C@@H]1CCCN1.O=C([O-])[C@@H]1CCCN1.O=C([O-])[C@@H]1CCCN1.O=C([O-])[C@@H]1CCCN1.O=C([O-])[C@@H]1CCCN1.O=C([O-])[C@@H]1CCCN1.O=C([O-])[C@@H]1CCCN1.O=C([O-])[C@@H]1CCCN1.O=C([O-])[C@@H]1CCCN1.O=C([O-])[C@@H]1CCCN1.[Ba+2].[Co+2].[Co+2].[Co+2].[Co+3].[Co+3].[Co+3].[O-][Cl+3]([O-])([O-])[O-].[O-][Cl+3]([O-])([O-])[O-].[O-][Cl+3]([O-])([O-])[O-].[O-][Cl+3]([O-])([O-])[O-].[O-][Cl+3]([O-])([O-])[O-]. The third-order valence-electron chi connectivity index (χ3n) is 16.1. The summed E-state index contributed by atoms with van der Waals surface area (Å²) in [6.45, 7) is 9.82. The number of carbonyl (C=O) groups excluding carboxylic acids is 12. The average molecular weight is 2360 g/mol. The van der Waals surface area contributed by atoms with Crippen LogP contribution in [-0.4, -0.2) is 272 Å².